The van der Waals surface area contributed by atoms with E-state index in [1.807, 2.05) is 19.4 Å². The van der Waals surface area contributed by atoms with E-state index < -0.39 is 0 Å². The Hall–Kier alpha value is -1.73. The van der Waals surface area contributed by atoms with Crippen LogP contribution in [-0.4, -0.2) is 46.0 Å². The second-order valence-electron chi connectivity index (χ2n) is 5.91. The molecule has 1 aliphatic heterocycles. The lowest BCUT2D eigenvalue weighted by Crippen LogP contribution is -2.38. The average molecular weight is 334 g/mol. The number of hydrogen-bond donors (Lipinski definition) is 0. The number of carbonyl (C=O) groups is 1. The van der Waals surface area contributed by atoms with Crippen LogP contribution in [0.5, 0.6) is 0 Å². The molecule has 23 heavy (non-hydrogen) atoms. The number of aromatic nitrogens is 2. The molecule has 0 aromatic carbocycles. The fourth-order valence-electron chi connectivity index (χ4n) is 2.89. The first-order valence-electron chi connectivity index (χ1n) is 7.99. The van der Waals surface area contributed by atoms with Crippen LogP contribution in [0.15, 0.2) is 21.3 Å². The molecule has 3 heterocycles. The third-order valence-electron chi connectivity index (χ3n) is 4.21. The number of likely N-dealkylation sites (tertiary alicyclic amines) is 1. The predicted molar refractivity (Wildman–Crippen MR) is 88.0 cm³/mol. The van der Waals surface area contributed by atoms with Crippen molar-refractivity contribution in [1.29, 1.82) is 0 Å². The number of nitrogens with zero attached hydrogens (tertiary/aromatic N) is 4. The van der Waals surface area contributed by atoms with Gasteiger partial charge in [0.25, 0.3) is 0 Å². The summed E-state index contributed by atoms with van der Waals surface area (Å²) in [6.45, 7) is 3.95. The maximum Gasteiger partial charge on any atom is 0.236 e. The molecule has 1 saturated heterocycles. The van der Waals surface area contributed by atoms with Gasteiger partial charge < -0.3 is 9.42 Å². The molecule has 0 radical (unpaired) electrons. The molecule has 2 aromatic heterocycles. The number of thiophene rings is 1. The first-order chi connectivity index (χ1) is 11.2. The van der Waals surface area contributed by atoms with Gasteiger partial charge in [0.2, 0.25) is 11.8 Å². The largest absolute Gasteiger partial charge is 0.340 e. The molecule has 124 valence electrons. The summed E-state index contributed by atoms with van der Waals surface area (Å²) in [7, 11) is 1.86. The summed E-state index contributed by atoms with van der Waals surface area (Å²) in [5.74, 6) is 1.50. The van der Waals surface area contributed by atoms with Gasteiger partial charge in [-0.1, -0.05) is 12.1 Å². The van der Waals surface area contributed by atoms with Crippen LogP contribution in [0.4, 0.5) is 0 Å². The molecule has 0 aliphatic carbocycles. The second kappa shape index (κ2) is 7.23. The highest BCUT2D eigenvalue weighted by Crippen LogP contribution is 2.29. The zero-order chi connectivity index (χ0) is 16.2. The normalized spacial score (nSPS) is 18.4. The Labute approximate surface area is 140 Å². The number of amides is 1. The third kappa shape index (κ3) is 3.79. The molecule has 1 amide bonds. The molecule has 1 aliphatic rings. The van der Waals surface area contributed by atoms with Gasteiger partial charge in [0, 0.05) is 20.0 Å². The summed E-state index contributed by atoms with van der Waals surface area (Å²) >= 11 is 1.65. The van der Waals surface area contributed by atoms with E-state index in [0.717, 1.165) is 25.8 Å². The van der Waals surface area contributed by atoms with Crippen molar-refractivity contribution in [1.82, 2.24) is 19.9 Å². The first kappa shape index (κ1) is 16.1. The molecular formula is C16H22N4O2S. The van der Waals surface area contributed by atoms with Crippen molar-refractivity contribution in [3.05, 3.63) is 34.1 Å². The molecule has 1 atom stereocenters. The van der Waals surface area contributed by atoms with E-state index in [-0.39, 0.29) is 11.9 Å². The van der Waals surface area contributed by atoms with Crippen LogP contribution in [-0.2, 0) is 17.8 Å². The Bertz CT molecular complexity index is 640. The lowest BCUT2D eigenvalue weighted by atomic mass is 10.2. The van der Waals surface area contributed by atoms with Crippen LogP contribution >= 0.6 is 11.3 Å². The molecule has 0 saturated carbocycles. The minimum atomic E-state index is 0.0950. The minimum absolute atomic E-state index is 0.0950. The predicted octanol–water partition coefficient (Wildman–Crippen LogP) is 2.49. The Kier molecular flexibility index (Phi) is 5.07. The number of carbonyl (C=O) groups excluding carboxylic acids is 1. The van der Waals surface area contributed by atoms with Crippen molar-refractivity contribution < 1.29 is 9.32 Å². The van der Waals surface area contributed by atoms with Crippen molar-refractivity contribution in [3.8, 4) is 0 Å². The van der Waals surface area contributed by atoms with Crippen LogP contribution in [0.2, 0.25) is 0 Å². The number of aryl methyl sites for hydroxylation is 1. The summed E-state index contributed by atoms with van der Waals surface area (Å²) in [6, 6.07) is 2.15. The Balaban J connectivity index is 1.60. The van der Waals surface area contributed by atoms with Crippen molar-refractivity contribution in [2.45, 2.75) is 38.8 Å². The number of hydrogen-bond acceptors (Lipinski definition) is 6. The lowest BCUT2D eigenvalue weighted by molar-refractivity contribution is -0.131. The SMILES string of the molecule is CCc1nc([C@H]2CCCN2CC(=O)N(C)Cc2ccsc2)no1. The van der Waals surface area contributed by atoms with Crippen molar-refractivity contribution >= 4 is 17.2 Å². The molecule has 1 fully saturated rings. The highest BCUT2D eigenvalue weighted by molar-refractivity contribution is 7.07. The van der Waals surface area contributed by atoms with E-state index in [9.17, 15) is 4.79 Å². The molecule has 3 rings (SSSR count). The summed E-state index contributed by atoms with van der Waals surface area (Å²) < 4.78 is 5.22. The van der Waals surface area contributed by atoms with Crippen LogP contribution in [0.3, 0.4) is 0 Å². The van der Waals surface area contributed by atoms with Gasteiger partial charge >= 0.3 is 0 Å². The summed E-state index contributed by atoms with van der Waals surface area (Å²) in [6.07, 6.45) is 2.77. The van der Waals surface area contributed by atoms with Gasteiger partial charge in [-0.05, 0) is 41.8 Å². The topological polar surface area (TPSA) is 62.5 Å². The van der Waals surface area contributed by atoms with Crippen molar-refractivity contribution in [2.24, 2.45) is 0 Å². The quantitative estimate of drug-likeness (QED) is 0.812. The zero-order valence-corrected chi connectivity index (χ0v) is 14.4. The Morgan fingerprint density at radius 1 is 1.57 bits per heavy atom. The standard InChI is InChI=1S/C16H22N4O2S/c1-3-14-17-16(18-22-14)13-5-4-7-20(13)10-15(21)19(2)9-12-6-8-23-11-12/h6,8,11,13H,3-5,7,9-10H2,1-2H3/t13-/m1/s1. The van der Waals surface area contributed by atoms with Gasteiger partial charge in [-0.2, -0.15) is 16.3 Å². The molecule has 7 heteroatoms. The summed E-state index contributed by atoms with van der Waals surface area (Å²) in [5, 5.41) is 8.19. The maximum atomic E-state index is 12.5. The highest BCUT2D eigenvalue weighted by Gasteiger charge is 2.31. The number of likely N-dealkylation sites (N-methyl/N-ethyl adjacent to an activating group) is 1. The van der Waals surface area contributed by atoms with Gasteiger partial charge in [0.15, 0.2) is 5.82 Å². The molecule has 0 bridgehead atoms. The van der Waals surface area contributed by atoms with Gasteiger partial charge in [-0.3, -0.25) is 9.69 Å². The molecule has 0 unspecified atom stereocenters. The van der Waals surface area contributed by atoms with E-state index in [4.69, 9.17) is 4.52 Å². The van der Waals surface area contributed by atoms with Gasteiger partial charge in [-0.15, -0.1) is 0 Å². The number of rotatable bonds is 6. The van der Waals surface area contributed by atoms with Gasteiger partial charge in [0.05, 0.1) is 12.6 Å². The van der Waals surface area contributed by atoms with E-state index in [1.54, 1.807) is 16.2 Å². The average Bonchev–Trinajstić information content (AvgIpc) is 3.27. The van der Waals surface area contributed by atoms with Gasteiger partial charge in [-0.25, -0.2) is 0 Å². The van der Waals surface area contributed by atoms with Crippen LogP contribution in [0.1, 0.15) is 43.1 Å². The van der Waals surface area contributed by atoms with E-state index in [2.05, 4.69) is 26.5 Å². The first-order valence-corrected chi connectivity index (χ1v) is 8.93. The minimum Gasteiger partial charge on any atom is -0.340 e. The van der Waals surface area contributed by atoms with Crippen LogP contribution < -0.4 is 0 Å². The second-order valence-corrected chi connectivity index (χ2v) is 6.69. The van der Waals surface area contributed by atoms with E-state index in [1.165, 1.54) is 5.56 Å². The molecule has 2 aromatic rings. The lowest BCUT2D eigenvalue weighted by Gasteiger charge is -2.24. The molecular weight excluding hydrogens is 312 g/mol. The Morgan fingerprint density at radius 3 is 3.13 bits per heavy atom. The van der Waals surface area contributed by atoms with Crippen molar-refractivity contribution in [3.63, 3.8) is 0 Å². The van der Waals surface area contributed by atoms with E-state index >= 15 is 0 Å². The maximum absolute atomic E-state index is 12.5. The van der Waals surface area contributed by atoms with Gasteiger partial charge in [0.1, 0.15) is 0 Å². The zero-order valence-electron chi connectivity index (χ0n) is 13.6. The molecule has 0 spiro atoms. The summed E-state index contributed by atoms with van der Waals surface area (Å²) in [5.41, 5.74) is 1.18. The molecule has 6 nitrogen and oxygen atoms in total. The van der Waals surface area contributed by atoms with Crippen molar-refractivity contribution in [2.75, 3.05) is 20.1 Å². The van der Waals surface area contributed by atoms with E-state index in [0.29, 0.717) is 24.8 Å². The Morgan fingerprint density at radius 2 is 2.43 bits per heavy atom. The third-order valence-corrected chi connectivity index (χ3v) is 4.94. The smallest absolute Gasteiger partial charge is 0.236 e. The fraction of sp³-hybridized carbons (Fsp3) is 0.562. The van der Waals surface area contributed by atoms with Crippen LogP contribution in [0.25, 0.3) is 0 Å². The van der Waals surface area contributed by atoms with Crippen LogP contribution in [0, 0.1) is 0 Å². The molecule has 0 N–H and O–H groups in total. The highest BCUT2D eigenvalue weighted by atomic mass is 32.1. The summed E-state index contributed by atoms with van der Waals surface area (Å²) in [4.78, 5) is 20.9. The monoisotopic (exact) mass is 334 g/mol. The fourth-order valence-corrected chi connectivity index (χ4v) is 3.55.